The number of rotatable bonds is 4. The number of aromatic nitrogens is 1. The van der Waals surface area contributed by atoms with Crippen molar-refractivity contribution < 1.29 is 22.7 Å². The molecule has 0 aliphatic carbocycles. The van der Waals surface area contributed by atoms with Gasteiger partial charge in [0.25, 0.3) is 5.91 Å². The average molecular weight is 306 g/mol. The molecule has 1 amide bonds. The van der Waals surface area contributed by atoms with Crippen LogP contribution in [0.15, 0.2) is 18.3 Å². The van der Waals surface area contributed by atoms with Crippen LogP contribution in [0.1, 0.15) is 16.8 Å². The van der Waals surface area contributed by atoms with Crippen molar-refractivity contribution in [3.05, 3.63) is 23.9 Å². The van der Waals surface area contributed by atoms with Crippen LogP contribution >= 0.6 is 11.8 Å². The largest absolute Gasteiger partial charge is 0.473 e. The van der Waals surface area contributed by atoms with Crippen LogP contribution in [0.4, 0.5) is 13.2 Å². The van der Waals surface area contributed by atoms with Crippen LogP contribution < -0.4 is 10.1 Å². The van der Waals surface area contributed by atoms with Gasteiger partial charge in [0.1, 0.15) is 12.6 Å². The first-order chi connectivity index (χ1) is 9.44. The standard InChI is InChI=1S/C12H13F3N2O2S/c13-12(14,15)7-17-11(18)8-1-3-16-10(5-8)19-9-2-4-20-6-9/h1,3,5,9H,2,4,6-7H2,(H,17,18). The van der Waals surface area contributed by atoms with Gasteiger partial charge in [-0.2, -0.15) is 24.9 Å². The molecule has 4 nitrogen and oxygen atoms in total. The predicted molar refractivity (Wildman–Crippen MR) is 69.0 cm³/mol. The van der Waals surface area contributed by atoms with Crippen molar-refractivity contribution in [2.45, 2.75) is 18.7 Å². The summed E-state index contributed by atoms with van der Waals surface area (Å²) in [6.07, 6.45) is -2.14. The topological polar surface area (TPSA) is 51.2 Å². The molecule has 1 aromatic heterocycles. The summed E-state index contributed by atoms with van der Waals surface area (Å²) in [5, 5.41) is 1.81. The van der Waals surface area contributed by atoms with E-state index < -0.39 is 18.6 Å². The number of pyridine rings is 1. The first-order valence-electron chi connectivity index (χ1n) is 5.99. The van der Waals surface area contributed by atoms with E-state index in [1.165, 1.54) is 18.3 Å². The number of carbonyl (C=O) groups is 1. The fourth-order valence-corrected chi connectivity index (χ4v) is 2.77. The molecule has 2 rings (SSSR count). The minimum Gasteiger partial charge on any atom is -0.473 e. The fourth-order valence-electron chi connectivity index (χ4n) is 1.67. The van der Waals surface area contributed by atoms with Crippen LogP contribution in [0.25, 0.3) is 0 Å². The maximum atomic E-state index is 12.0. The van der Waals surface area contributed by atoms with Gasteiger partial charge in [-0.15, -0.1) is 0 Å². The Bertz CT molecular complexity index is 476. The van der Waals surface area contributed by atoms with Gasteiger partial charge in [0.15, 0.2) is 0 Å². The second-order valence-electron chi connectivity index (χ2n) is 4.28. The normalized spacial score (nSPS) is 18.9. The van der Waals surface area contributed by atoms with Crippen LogP contribution in [-0.4, -0.2) is 41.2 Å². The van der Waals surface area contributed by atoms with Crippen LogP contribution in [0.2, 0.25) is 0 Å². The van der Waals surface area contributed by atoms with E-state index in [0.29, 0.717) is 0 Å². The molecule has 2 heterocycles. The lowest BCUT2D eigenvalue weighted by Crippen LogP contribution is -2.33. The maximum Gasteiger partial charge on any atom is 0.405 e. The van der Waals surface area contributed by atoms with E-state index >= 15 is 0 Å². The Kier molecular flexibility index (Phi) is 4.74. The van der Waals surface area contributed by atoms with E-state index in [9.17, 15) is 18.0 Å². The highest BCUT2D eigenvalue weighted by molar-refractivity contribution is 7.99. The first-order valence-corrected chi connectivity index (χ1v) is 7.15. The molecule has 110 valence electrons. The number of hydrogen-bond donors (Lipinski definition) is 1. The third-order valence-electron chi connectivity index (χ3n) is 2.62. The van der Waals surface area contributed by atoms with Gasteiger partial charge >= 0.3 is 6.18 Å². The Hall–Kier alpha value is -1.44. The molecule has 1 atom stereocenters. The molecular formula is C12H13F3N2O2S. The molecule has 1 N–H and O–H groups in total. The van der Waals surface area contributed by atoms with E-state index in [2.05, 4.69) is 4.98 Å². The molecule has 0 spiro atoms. The lowest BCUT2D eigenvalue weighted by atomic mass is 10.2. The lowest BCUT2D eigenvalue weighted by molar-refractivity contribution is -0.123. The van der Waals surface area contributed by atoms with Gasteiger partial charge in [0.05, 0.1) is 0 Å². The molecule has 1 aliphatic rings. The molecule has 0 bridgehead atoms. The number of carbonyl (C=O) groups excluding carboxylic acids is 1. The number of ether oxygens (including phenoxy) is 1. The Morgan fingerprint density at radius 1 is 1.55 bits per heavy atom. The van der Waals surface area contributed by atoms with Crippen molar-refractivity contribution in [3.63, 3.8) is 0 Å². The summed E-state index contributed by atoms with van der Waals surface area (Å²) < 4.78 is 41.7. The maximum absolute atomic E-state index is 12.0. The zero-order valence-electron chi connectivity index (χ0n) is 10.4. The lowest BCUT2D eigenvalue weighted by Gasteiger charge is -2.12. The van der Waals surface area contributed by atoms with E-state index in [1.807, 2.05) is 5.32 Å². The molecule has 0 saturated carbocycles. The summed E-state index contributed by atoms with van der Waals surface area (Å²) in [4.78, 5) is 15.5. The van der Waals surface area contributed by atoms with Crippen molar-refractivity contribution in [2.75, 3.05) is 18.1 Å². The minimum absolute atomic E-state index is 0.0426. The molecule has 1 aliphatic heterocycles. The van der Waals surface area contributed by atoms with E-state index in [1.54, 1.807) is 11.8 Å². The molecule has 8 heteroatoms. The van der Waals surface area contributed by atoms with Gasteiger partial charge in [0.2, 0.25) is 5.88 Å². The van der Waals surface area contributed by atoms with Crippen molar-refractivity contribution in [1.29, 1.82) is 0 Å². The Morgan fingerprint density at radius 2 is 2.35 bits per heavy atom. The summed E-state index contributed by atoms with van der Waals surface area (Å²) in [6, 6.07) is 2.71. The van der Waals surface area contributed by atoms with Gasteiger partial charge in [0, 0.05) is 23.6 Å². The Morgan fingerprint density at radius 3 is 3.00 bits per heavy atom. The number of alkyl halides is 3. The van der Waals surface area contributed by atoms with Crippen LogP contribution in [0.3, 0.4) is 0 Å². The SMILES string of the molecule is O=C(NCC(F)(F)F)c1ccnc(OC2CCSC2)c1. The van der Waals surface area contributed by atoms with E-state index in [0.717, 1.165) is 17.9 Å². The summed E-state index contributed by atoms with van der Waals surface area (Å²) >= 11 is 1.77. The Balaban J connectivity index is 1.96. The van der Waals surface area contributed by atoms with Crippen molar-refractivity contribution in [3.8, 4) is 5.88 Å². The van der Waals surface area contributed by atoms with Crippen molar-refractivity contribution >= 4 is 17.7 Å². The number of hydrogen-bond acceptors (Lipinski definition) is 4. The molecule has 0 radical (unpaired) electrons. The molecular weight excluding hydrogens is 293 g/mol. The number of nitrogens with one attached hydrogen (secondary N) is 1. The van der Waals surface area contributed by atoms with Crippen LogP contribution in [-0.2, 0) is 0 Å². The van der Waals surface area contributed by atoms with Gasteiger partial charge in [-0.1, -0.05) is 0 Å². The molecule has 0 aromatic carbocycles. The number of nitrogens with zero attached hydrogens (tertiary/aromatic N) is 1. The summed E-state index contributed by atoms with van der Waals surface area (Å²) in [5.41, 5.74) is 0.102. The van der Waals surface area contributed by atoms with Crippen LogP contribution in [0.5, 0.6) is 5.88 Å². The third-order valence-corrected chi connectivity index (χ3v) is 3.75. The number of amides is 1. The molecule has 1 saturated heterocycles. The highest BCUT2D eigenvalue weighted by Crippen LogP contribution is 2.22. The third kappa shape index (κ3) is 4.59. The number of halogens is 3. The minimum atomic E-state index is -4.43. The zero-order valence-corrected chi connectivity index (χ0v) is 11.3. The van der Waals surface area contributed by atoms with Crippen molar-refractivity contribution in [2.24, 2.45) is 0 Å². The highest BCUT2D eigenvalue weighted by Gasteiger charge is 2.28. The molecule has 1 aromatic rings. The van der Waals surface area contributed by atoms with Gasteiger partial charge in [-0.05, 0) is 18.2 Å². The molecule has 20 heavy (non-hydrogen) atoms. The zero-order chi connectivity index (χ0) is 14.6. The van der Waals surface area contributed by atoms with Gasteiger partial charge in [-0.3, -0.25) is 4.79 Å². The Labute approximate surface area is 118 Å². The quantitative estimate of drug-likeness (QED) is 0.927. The summed E-state index contributed by atoms with van der Waals surface area (Å²) in [6.45, 7) is -1.36. The monoisotopic (exact) mass is 306 g/mol. The smallest absolute Gasteiger partial charge is 0.405 e. The second-order valence-corrected chi connectivity index (χ2v) is 5.43. The van der Waals surface area contributed by atoms with Gasteiger partial charge < -0.3 is 10.1 Å². The van der Waals surface area contributed by atoms with Crippen LogP contribution in [0, 0.1) is 0 Å². The summed E-state index contributed by atoms with van der Waals surface area (Å²) in [7, 11) is 0. The van der Waals surface area contributed by atoms with E-state index in [-0.39, 0.29) is 17.5 Å². The second kappa shape index (κ2) is 6.34. The average Bonchev–Trinajstić information content (AvgIpc) is 2.88. The molecule has 1 fully saturated rings. The fraction of sp³-hybridized carbons (Fsp3) is 0.500. The van der Waals surface area contributed by atoms with Crippen molar-refractivity contribution in [1.82, 2.24) is 10.3 Å². The highest BCUT2D eigenvalue weighted by atomic mass is 32.2. The number of thioether (sulfide) groups is 1. The summed E-state index contributed by atoms with van der Waals surface area (Å²) in [5.74, 6) is 1.33. The van der Waals surface area contributed by atoms with E-state index in [4.69, 9.17) is 4.74 Å². The predicted octanol–water partition coefficient (Wildman–Crippen LogP) is 2.26. The molecule has 1 unspecified atom stereocenters. The van der Waals surface area contributed by atoms with Gasteiger partial charge in [-0.25, -0.2) is 4.98 Å². The first kappa shape index (κ1) is 15.0.